The van der Waals surface area contributed by atoms with E-state index in [4.69, 9.17) is 4.74 Å². The molecule has 0 N–H and O–H groups in total. The Bertz CT molecular complexity index is 178. The van der Waals surface area contributed by atoms with Crippen molar-refractivity contribution in [3.63, 3.8) is 0 Å². The van der Waals surface area contributed by atoms with Crippen molar-refractivity contribution in [2.24, 2.45) is 0 Å². The van der Waals surface area contributed by atoms with Crippen molar-refractivity contribution >= 4 is 15.2 Å². The molecular weight excluding hydrogens is 183 g/mol. The van der Waals surface area contributed by atoms with Gasteiger partial charge in [0.2, 0.25) is 0 Å². The Hall–Kier alpha value is -0.100. The highest BCUT2D eigenvalue weighted by molar-refractivity contribution is 7.21. The standard InChI is InChI=1S/C10H21O2P/c1-6-10(13,7-2)8(11)12-9(3,4)5/h6-7,13H2,1-5H3. The van der Waals surface area contributed by atoms with Gasteiger partial charge in [-0.1, -0.05) is 13.8 Å². The Kier molecular flexibility index (Phi) is 4.38. The second-order valence-electron chi connectivity index (χ2n) is 4.37. The normalized spacial score (nSPS) is 12.8. The highest BCUT2D eigenvalue weighted by atomic mass is 31.0. The van der Waals surface area contributed by atoms with E-state index in [1.165, 1.54) is 0 Å². The first kappa shape index (κ1) is 12.9. The summed E-state index contributed by atoms with van der Waals surface area (Å²) in [5.74, 6) is -0.116. The fourth-order valence-electron chi connectivity index (χ4n) is 0.918. The van der Waals surface area contributed by atoms with Crippen LogP contribution in [0.3, 0.4) is 0 Å². The molecule has 0 radical (unpaired) electrons. The fourth-order valence-corrected chi connectivity index (χ4v) is 0.977. The summed E-state index contributed by atoms with van der Waals surface area (Å²) in [7, 11) is 2.61. The average molecular weight is 204 g/mol. The van der Waals surface area contributed by atoms with Crippen LogP contribution >= 0.6 is 9.24 Å². The molecule has 0 rings (SSSR count). The van der Waals surface area contributed by atoms with E-state index in [0.29, 0.717) is 0 Å². The van der Waals surface area contributed by atoms with Gasteiger partial charge in [-0.25, -0.2) is 0 Å². The zero-order valence-electron chi connectivity index (χ0n) is 9.31. The van der Waals surface area contributed by atoms with Crippen LogP contribution in [0.15, 0.2) is 0 Å². The lowest BCUT2D eigenvalue weighted by Gasteiger charge is -2.29. The number of hydrogen-bond acceptors (Lipinski definition) is 2. The Labute approximate surface area is 83.6 Å². The third-order valence-corrected chi connectivity index (χ3v) is 3.12. The molecule has 0 aromatic carbocycles. The molecule has 1 atom stereocenters. The number of esters is 1. The predicted molar refractivity (Wildman–Crippen MR) is 58.9 cm³/mol. The molecule has 0 saturated heterocycles. The van der Waals surface area contributed by atoms with Crippen molar-refractivity contribution in [3.8, 4) is 0 Å². The summed E-state index contributed by atoms with van der Waals surface area (Å²) < 4.78 is 5.32. The van der Waals surface area contributed by atoms with Gasteiger partial charge in [0.25, 0.3) is 0 Å². The third-order valence-electron chi connectivity index (χ3n) is 2.07. The van der Waals surface area contributed by atoms with Crippen LogP contribution in [0, 0.1) is 0 Å². The van der Waals surface area contributed by atoms with Crippen molar-refractivity contribution in [1.82, 2.24) is 0 Å². The van der Waals surface area contributed by atoms with Gasteiger partial charge in [-0.05, 0) is 33.6 Å². The van der Waals surface area contributed by atoms with Gasteiger partial charge < -0.3 is 4.74 Å². The average Bonchev–Trinajstić information content (AvgIpc) is 2.00. The molecule has 0 amide bonds. The number of hydrogen-bond donors (Lipinski definition) is 0. The molecule has 13 heavy (non-hydrogen) atoms. The van der Waals surface area contributed by atoms with Crippen molar-refractivity contribution in [2.45, 2.75) is 58.2 Å². The van der Waals surface area contributed by atoms with Gasteiger partial charge in [0.1, 0.15) is 5.60 Å². The van der Waals surface area contributed by atoms with Crippen LogP contribution in [-0.2, 0) is 9.53 Å². The van der Waals surface area contributed by atoms with Crippen LogP contribution in [0.25, 0.3) is 0 Å². The molecule has 78 valence electrons. The molecule has 3 heteroatoms. The summed E-state index contributed by atoms with van der Waals surface area (Å²) in [6.07, 6.45) is 1.59. The van der Waals surface area contributed by atoms with Crippen molar-refractivity contribution in [2.75, 3.05) is 0 Å². The molecule has 0 spiro atoms. The Morgan fingerprint density at radius 3 is 1.85 bits per heavy atom. The largest absolute Gasteiger partial charge is 0.459 e. The van der Waals surface area contributed by atoms with Crippen LogP contribution < -0.4 is 0 Å². The van der Waals surface area contributed by atoms with E-state index in [2.05, 4.69) is 9.24 Å². The van der Waals surface area contributed by atoms with E-state index < -0.39 is 5.16 Å². The van der Waals surface area contributed by atoms with Gasteiger partial charge in [0, 0.05) is 0 Å². The molecule has 1 unspecified atom stereocenters. The minimum Gasteiger partial charge on any atom is -0.459 e. The van der Waals surface area contributed by atoms with Crippen LogP contribution in [-0.4, -0.2) is 16.7 Å². The molecule has 2 nitrogen and oxygen atoms in total. The highest BCUT2D eigenvalue weighted by Crippen LogP contribution is 2.29. The lowest BCUT2D eigenvalue weighted by molar-refractivity contribution is -0.158. The van der Waals surface area contributed by atoms with E-state index in [1.54, 1.807) is 0 Å². The van der Waals surface area contributed by atoms with Crippen LogP contribution in [0.5, 0.6) is 0 Å². The van der Waals surface area contributed by atoms with Gasteiger partial charge in [-0.15, -0.1) is 9.24 Å². The Balaban J connectivity index is 4.41. The van der Waals surface area contributed by atoms with E-state index in [9.17, 15) is 4.79 Å². The minimum absolute atomic E-state index is 0.116. The van der Waals surface area contributed by atoms with Gasteiger partial charge in [-0.3, -0.25) is 4.79 Å². The monoisotopic (exact) mass is 204 g/mol. The first-order valence-electron chi connectivity index (χ1n) is 4.77. The molecule has 0 heterocycles. The number of carbonyl (C=O) groups excluding carboxylic acids is 1. The Morgan fingerprint density at radius 1 is 1.23 bits per heavy atom. The molecule has 0 bridgehead atoms. The minimum atomic E-state index is -0.396. The first-order valence-corrected chi connectivity index (χ1v) is 5.35. The van der Waals surface area contributed by atoms with Crippen LogP contribution in [0.4, 0.5) is 0 Å². The fraction of sp³-hybridized carbons (Fsp3) is 0.900. The van der Waals surface area contributed by atoms with E-state index in [0.717, 1.165) is 12.8 Å². The molecule has 0 aromatic rings. The zero-order valence-corrected chi connectivity index (χ0v) is 10.5. The molecule has 0 saturated carbocycles. The summed E-state index contributed by atoms with van der Waals surface area (Å²) in [5, 5.41) is -0.396. The summed E-state index contributed by atoms with van der Waals surface area (Å²) in [4.78, 5) is 11.7. The highest BCUT2D eigenvalue weighted by Gasteiger charge is 2.33. The predicted octanol–water partition coefficient (Wildman–Crippen LogP) is 2.76. The molecular formula is C10H21O2P. The molecule has 0 fully saturated rings. The van der Waals surface area contributed by atoms with Gasteiger partial charge in [0.05, 0.1) is 5.16 Å². The zero-order chi connectivity index (χ0) is 10.7. The second kappa shape index (κ2) is 4.41. The summed E-state index contributed by atoms with van der Waals surface area (Å²) in [6, 6.07) is 0. The van der Waals surface area contributed by atoms with Crippen LogP contribution in [0.1, 0.15) is 47.5 Å². The topological polar surface area (TPSA) is 26.3 Å². The van der Waals surface area contributed by atoms with Crippen molar-refractivity contribution < 1.29 is 9.53 Å². The summed E-state index contributed by atoms with van der Waals surface area (Å²) >= 11 is 0. The maximum Gasteiger partial charge on any atom is 0.316 e. The lowest BCUT2D eigenvalue weighted by Crippen LogP contribution is -2.37. The first-order chi connectivity index (χ1) is 5.75. The number of rotatable bonds is 3. The van der Waals surface area contributed by atoms with E-state index >= 15 is 0 Å². The number of ether oxygens (including phenoxy) is 1. The van der Waals surface area contributed by atoms with Gasteiger partial charge in [-0.2, -0.15) is 0 Å². The quantitative estimate of drug-likeness (QED) is 0.522. The van der Waals surface area contributed by atoms with E-state index in [-0.39, 0.29) is 11.6 Å². The molecule has 0 aromatic heterocycles. The SMILES string of the molecule is CCC(P)(CC)C(=O)OC(C)(C)C. The van der Waals surface area contributed by atoms with Gasteiger partial charge >= 0.3 is 5.97 Å². The van der Waals surface area contributed by atoms with Crippen molar-refractivity contribution in [1.29, 1.82) is 0 Å². The third kappa shape index (κ3) is 4.08. The van der Waals surface area contributed by atoms with Gasteiger partial charge in [0.15, 0.2) is 0 Å². The second-order valence-corrected chi connectivity index (χ2v) is 5.47. The van der Waals surface area contributed by atoms with Crippen LogP contribution in [0.2, 0.25) is 0 Å². The molecule has 0 aliphatic rings. The number of carbonyl (C=O) groups is 1. The maximum absolute atomic E-state index is 11.7. The lowest BCUT2D eigenvalue weighted by atomic mass is 10.0. The molecule has 0 aliphatic carbocycles. The smallest absolute Gasteiger partial charge is 0.316 e. The maximum atomic E-state index is 11.7. The van der Waals surface area contributed by atoms with Crippen molar-refractivity contribution in [3.05, 3.63) is 0 Å². The summed E-state index contributed by atoms with van der Waals surface area (Å²) in [5.41, 5.74) is -0.386. The Morgan fingerprint density at radius 2 is 1.62 bits per heavy atom. The van der Waals surface area contributed by atoms with E-state index in [1.807, 2.05) is 34.6 Å². The molecule has 0 aliphatic heterocycles. The summed E-state index contributed by atoms with van der Waals surface area (Å²) in [6.45, 7) is 9.67.